The second-order valence-electron chi connectivity index (χ2n) is 11.2. The molecule has 234 valence electrons. The van der Waals surface area contributed by atoms with Gasteiger partial charge in [0.05, 0.1) is 16.6 Å². The molecule has 3 aliphatic heterocycles. The fourth-order valence-electron chi connectivity index (χ4n) is 6.10. The lowest BCUT2D eigenvalue weighted by molar-refractivity contribution is -0.376. The van der Waals surface area contributed by atoms with E-state index in [0.29, 0.717) is 31.6 Å². The monoisotopic (exact) mass is 637 g/mol. The molecule has 16 heteroatoms. The summed E-state index contributed by atoms with van der Waals surface area (Å²) in [6.07, 6.45) is -12.2. The summed E-state index contributed by atoms with van der Waals surface area (Å²) in [5, 5.41) is 12.6. The van der Waals surface area contributed by atoms with Crippen LogP contribution in [-0.2, 0) is 31.6 Å². The van der Waals surface area contributed by atoms with Crippen LogP contribution in [0.1, 0.15) is 36.8 Å². The zero-order valence-electron chi connectivity index (χ0n) is 22.3. The molecule has 0 aliphatic carbocycles. The first-order valence-electron chi connectivity index (χ1n) is 13.2. The van der Waals surface area contributed by atoms with Crippen LogP contribution in [0.25, 0.3) is 0 Å². The number of rotatable bonds is 5. The Morgan fingerprint density at radius 1 is 1.05 bits per heavy atom. The first-order chi connectivity index (χ1) is 19.9. The number of nitrogens with one attached hydrogen (secondary N) is 1. The normalized spacial score (nSPS) is 23.1. The Hall–Kier alpha value is -3.40. The Kier molecular flexibility index (Phi) is 7.47. The van der Waals surface area contributed by atoms with E-state index in [9.17, 15) is 53.8 Å². The van der Waals surface area contributed by atoms with Crippen LogP contribution in [0, 0.1) is 11.2 Å². The number of aryl methyl sites for hydroxylation is 1. The number of benzene rings is 2. The molecule has 2 amide bonds. The summed E-state index contributed by atoms with van der Waals surface area (Å²) < 4.78 is 123. The number of alkyl halides is 6. The maximum Gasteiger partial charge on any atom is 0.430 e. The maximum atomic E-state index is 13.8. The highest BCUT2D eigenvalue weighted by Gasteiger charge is 2.71. The number of aliphatic hydroxyl groups is 1. The quantitative estimate of drug-likeness (QED) is 0.486. The van der Waals surface area contributed by atoms with Crippen molar-refractivity contribution in [3.8, 4) is 0 Å². The van der Waals surface area contributed by atoms with Gasteiger partial charge in [0.2, 0.25) is 11.8 Å². The van der Waals surface area contributed by atoms with E-state index < -0.39 is 61.6 Å². The van der Waals surface area contributed by atoms with Crippen LogP contribution in [0.4, 0.5) is 36.4 Å². The molecule has 0 radical (unpaired) electrons. The summed E-state index contributed by atoms with van der Waals surface area (Å²) in [6.45, 7) is 0.968. The van der Waals surface area contributed by atoms with Crippen molar-refractivity contribution in [3.05, 3.63) is 59.4 Å². The summed E-state index contributed by atoms with van der Waals surface area (Å²) in [7, 11) is -4.61. The Labute approximate surface area is 241 Å². The predicted molar refractivity (Wildman–Crippen MR) is 136 cm³/mol. The number of amides is 2. The molecule has 1 spiro atoms. The molecule has 1 unspecified atom stereocenters. The van der Waals surface area contributed by atoms with Crippen LogP contribution in [0.3, 0.4) is 0 Å². The zero-order chi connectivity index (χ0) is 31.6. The standard InChI is InChI=1S/C27H26F7N3O5S/c28-18-3-6-20(7-4-18)43(41,42)37-19(12-23(39)36-10-9-24(15-36)13-22(38)35-14-24)5-1-16-11-17(2-8-21(16)37)25(40,26(29,30)31)27(32,33)34/h2-4,6-8,11,19,40H,1,5,9-10,12-15H2,(H,35,38)/t19-,24?/m0/s1. The van der Waals surface area contributed by atoms with Gasteiger partial charge in [0.1, 0.15) is 5.82 Å². The molecule has 0 aromatic heterocycles. The van der Waals surface area contributed by atoms with E-state index in [2.05, 4.69) is 5.32 Å². The number of carbonyl (C=O) groups excluding carboxylic acids is 2. The summed E-state index contributed by atoms with van der Waals surface area (Å²) in [5.74, 6) is -1.34. The summed E-state index contributed by atoms with van der Waals surface area (Å²) >= 11 is 0. The van der Waals surface area contributed by atoms with Gasteiger partial charge in [0.25, 0.3) is 15.6 Å². The molecule has 0 bridgehead atoms. The third-order valence-electron chi connectivity index (χ3n) is 8.40. The fourth-order valence-corrected chi connectivity index (χ4v) is 7.82. The maximum absolute atomic E-state index is 13.8. The van der Waals surface area contributed by atoms with Crippen LogP contribution >= 0.6 is 0 Å². The number of carbonyl (C=O) groups is 2. The number of hydrogen-bond acceptors (Lipinski definition) is 5. The first kappa shape index (κ1) is 31.0. The van der Waals surface area contributed by atoms with E-state index in [1.165, 1.54) is 4.90 Å². The number of halogens is 7. The molecule has 2 atom stereocenters. The number of fused-ring (bicyclic) bond motifs is 1. The van der Waals surface area contributed by atoms with Gasteiger partial charge in [0.15, 0.2) is 0 Å². The van der Waals surface area contributed by atoms with E-state index in [4.69, 9.17) is 0 Å². The third-order valence-corrected chi connectivity index (χ3v) is 10.3. The van der Waals surface area contributed by atoms with Crippen molar-refractivity contribution >= 4 is 27.5 Å². The molecule has 43 heavy (non-hydrogen) atoms. The lowest BCUT2D eigenvalue weighted by Gasteiger charge is -2.39. The van der Waals surface area contributed by atoms with Gasteiger partial charge in [-0.3, -0.25) is 13.9 Å². The molecule has 2 N–H and O–H groups in total. The van der Waals surface area contributed by atoms with Gasteiger partial charge >= 0.3 is 12.4 Å². The van der Waals surface area contributed by atoms with Gasteiger partial charge in [-0.2, -0.15) is 26.3 Å². The van der Waals surface area contributed by atoms with Gasteiger partial charge in [0, 0.05) is 43.5 Å². The second-order valence-corrected chi connectivity index (χ2v) is 13.0. The molecular weight excluding hydrogens is 611 g/mol. The molecule has 2 saturated heterocycles. The van der Waals surface area contributed by atoms with E-state index >= 15 is 0 Å². The van der Waals surface area contributed by atoms with Crippen molar-refractivity contribution in [3.63, 3.8) is 0 Å². The van der Waals surface area contributed by atoms with Gasteiger partial charge in [-0.1, -0.05) is 12.1 Å². The van der Waals surface area contributed by atoms with Gasteiger partial charge in [-0.05, 0) is 55.2 Å². The van der Waals surface area contributed by atoms with E-state index in [0.717, 1.165) is 34.6 Å². The summed E-state index contributed by atoms with van der Waals surface area (Å²) in [6, 6.07) is 4.11. The second kappa shape index (κ2) is 10.4. The third kappa shape index (κ3) is 5.32. The average Bonchev–Trinajstić information content (AvgIpc) is 3.51. The zero-order valence-corrected chi connectivity index (χ0v) is 23.1. The van der Waals surface area contributed by atoms with Crippen LogP contribution in [0.15, 0.2) is 47.4 Å². The molecule has 3 aliphatic rings. The molecule has 5 rings (SSSR count). The van der Waals surface area contributed by atoms with Crippen molar-refractivity contribution in [2.45, 2.75) is 61.0 Å². The highest BCUT2D eigenvalue weighted by molar-refractivity contribution is 7.92. The molecule has 2 fully saturated rings. The minimum atomic E-state index is -6.14. The van der Waals surface area contributed by atoms with Crippen LogP contribution in [0.2, 0.25) is 0 Å². The highest BCUT2D eigenvalue weighted by atomic mass is 32.2. The van der Waals surface area contributed by atoms with Crippen LogP contribution < -0.4 is 9.62 Å². The Morgan fingerprint density at radius 3 is 2.28 bits per heavy atom. The molecule has 0 saturated carbocycles. The Bertz CT molecular complexity index is 1530. The summed E-state index contributed by atoms with van der Waals surface area (Å²) in [4.78, 5) is 26.2. The minimum Gasteiger partial charge on any atom is -0.369 e. The van der Waals surface area contributed by atoms with Crippen LogP contribution in [-0.4, -0.2) is 68.3 Å². The molecule has 2 aromatic rings. The van der Waals surface area contributed by atoms with E-state index in [1.807, 2.05) is 0 Å². The van der Waals surface area contributed by atoms with Crippen molar-refractivity contribution in [1.82, 2.24) is 10.2 Å². The topological polar surface area (TPSA) is 107 Å². The van der Waals surface area contributed by atoms with Crippen LogP contribution in [0.5, 0.6) is 0 Å². The number of anilines is 1. The van der Waals surface area contributed by atoms with Crippen molar-refractivity contribution in [1.29, 1.82) is 0 Å². The van der Waals surface area contributed by atoms with Gasteiger partial charge in [-0.25, -0.2) is 12.8 Å². The highest BCUT2D eigenvalue weighted by Crippen LogP contribution is 2.51. The predicted octanol–water partition coefficient (Wildman–Crippen LogP) is 3.78. The lowest BCUT2D eigenvalue weighted by atomic mass is 9.86. The number of nitrogens with zero attached hydrogens (tertiary/aromatic N) is 2. The Morgan fingerprint density at radius 2 is 1.70 bits per heavy atom. The average molecular weight is 638 g/mol. The minimum absolute atomic E-state index is 0.142. The lowest BCUT2D eigenvalue weighted by Crippen LogP contribution is -2.54. The van der Waals surface area contributed by atoms with Crippen molar-refractivity contribution in [2.75, 3.05) is 23.9 Å². The molecule has 8 nitrogen and oxygen atoms in total. The molecular formula is C27H26F7N3O5S. The van der Waals surface area contributed by atoms with Gasteiger partial charge < -0.3 is 15.3 Å². The number of sulfonamides is 1. The smallest absolute Gasteiger partial charge is 0.369 e. The first-order valence-corrected chi connectivity index (χ1v) is 14.7. The largest absolute Gasteiger partial charge is 0.430 e. The fraction of sp³-hybridized carbons (Fsp3) is 0.481. The SMILES string of the molecule is O=C1CC2(CCN(C(=O)C[C@@H]3CCc4cc(C(O)(C(F)(F)F)C(F)(F)F)ccc4N3S(=O)(=O)c3ccc(F)cc3)C2)CN1. The molecule has 3 heterocycles. The molecule has 2 aromatic carbocycles. The van der Waals surface area contributed by atoms with Crippen molar-refractivity contribution in [2.24, 2.45) is 5.41 Å². The number of hydrogen-bond donors (Lipinski definition) is 2. The van der Waals surface area contributed by atoms with E-state index in [1.54, 1.807) is 0 Å². The number of likely N-dealkylation sites (tertiary alicyclic amines) is 1. The van der Waals surface area contributed by atoms with E-state index in [-0.39, 0.29) is 49.4 Å². The Balaban J connectivity index is 1.52. The van der Waals surface area contributed by atoms with Crippen molar-refractivity contribution < 1.29 is 53.8 Å². The summed E-state index contributed by atoms with van der Waals surface area (Å²) in [5.41, 5.74) is -7.69. The van der Waals surface area contributed by atoms with Gasteiger partial charge in [-0.15, -0.1) is 0 Å².